The molecule has 3 heteroatoms. The lowest BCUT2D eigenvalue weighted by Crippen LogP contribution is -2.17. The molecule has 2 nitrogen and oxygen atoms in total. The smallest absolute Gasteiger partial charge is 0.224 e. The monoisotopic (exact) mass is 349 g/mol. The van der Waals surface area contributed by atoms with E-state index in [1.165, 1.54) is 17.7 Å². The van der Waals surface area contributed by atoms with Crippen molar-refractivity contribution in [2.75, 3.05) is 7.05 Å². The summed E-state index contributed by atoms with van der Waals surface area (Å²) >= 11 is 0. The van der Waals surface area contributed by atoms with E-state index >= 15 is 0 Å². The number of hydrogen-bond acceptors (Lipinski definition) is 1. The molecule has 0 saturated carbocycles. The molecule has 0 fully saturated rings. The van der Waals surface area contributed by atoms with E-state index in [2.05, 4.69) is 49.5 Å². The molecule has 1 N–H and O–H groups in total. The molecule has 0 bridgehead atoms. The van der Waals surface area contributed by atoms with Gasteiger partial charge in [-0.3, -0.25) is 4.79 Å². The number of carbonyl (C=O) groups excluding carboxylic acids is 1. The second-order valence-corrected chi connectivity index (χ2v) is 7.02. The molecular formula is C23H24FNO. The van der Waals surface area contributed by atoms with Gasteiger partial charge >= 0.3 is 0 Å². The number of hydrogen-bond donors (Lipinski definition) is 1. The van der Waals surface area contributed by atoms with E-state index < -0.39 is 0 Å². The van der Waals surface area contributed by atoms with Crippen LogP contribution in [-0.4, -0.2) is 13.0 Å². The molecule has 0 spiro atoms. The third-order valence-electron chi connectivity index (χ3n) is 4.98. The Hall–Kier alpha value is -2.68. The molecule has 0 aromatic heterocycles. The van der Waals surface area contributed by atoms with Gasteiger partial charge in [0.25, 0.3) is 0 Å². The fraction of sp³-hybridized carbons (Fsp3) is 0.261. The van der Waals surface area contributed by atoms with Crippen molar-refractivity contribution in [2.45, 2.75) is 33.1 Å². The summed E-state index contributed by atoms with van der Waals surface area (Å²) in [5, 5.41) is 2.65. The van der Waals surface area contributed by atoms with E-state index in [9.17, 15) is 9.18 Å². The minimum absolute atomic E-state index is 0.0721. The molecule has 134 valence electrons. The first-order valence-corrected chi connectivity index (χ1v) is 8.93. The first-order chi connectivity index (χ1) is 12.4. The topological polar surface area (TPSA) is 29.1 Å². The van der Waals surface area contributed by atoms with Crippen molar-refractivity contribution in [3.63, 3.8) is 0 Å². The molecule has 0 heterocycles. The maximum absolute atomic E-state index is 13.8. The van der Waals surface area contributed by atoms with Gasteiger partial charge in [-0.2, -0.15) is 0 Å². The van der Waals surface area contributed by atoms with E-state index in [4.69, 9.17) is 0 Å². The number of nitrogens with one attached hydrogen (secondary N) is 1. The van der Waals surface area contributed by atoms with Gasteiger partial charge in [0.15, 0.2) is 0 Å². The SMILES string of the molecule is CNC(=O)CC1=C(C)/C(=C/c2ccc(C(C)C)cc2)c2ccc(F)cc21. The number of rotatable bonds is 4. The van der Waals surface area contributed by atoms with Crippen molar-refractivity contribution in [2.24, 2.45) is 0 Å². The summed E-state index contributed by atoms with van der Waals surface area (Å²) in [6.07, 6.45) is 2.37. The second-order valence-electron chi connectivity index (χ2n) is 7.02. The fourth-order valence-electron chi connectivity index (χ4n) is 3.37. The van der Waals surface area contributed by atoms with Gasteiger partial charge in [0.05, 0.1) is 6.42 Å². The maximum atomic E-state index is 13.8. The molecule has 0 atom stereocenters. The summed E-state index contributed by atoms with van der Waals surface area (Å²) < 4.78 is 13.8. The first kappa shape index (κ1) is 18.1. The predicted molar refractivity (Wildman–Crippen MR) is 106 cm³/mol. The van der Waals surface area contributed by atoms with Gasteiger partial charge in [0, 0.05) is 7.05 Å². The Morgan fingerprint density at radius 3 is 2.42 bits per heavy atom. The average molecular weight is 349 g/mol. The molecule has 2 aromatic rings. The van der Waals surface area contributed by atoms with Gasteiger partial charge < -0.3 is 5.32 Å². The first-order valence-electron chi connectivity index (χ1n) is 8.93. The highest BCUT2D eigenvalue weighted by Crippen LogP contribution is 2.43. The van der Waals surface area contributed by atoms with Gasteiger partial charge in [-0.05, 0) is 70.0 Å². The maximum Gasteiger partial charge on any atom is 0.224 e. The lowest BCUT2D eigenvalue weighted by atomic mass is 9.98. The Balaban J connectivity index is 2.07. The Morgan fingerprint density at radius 1 is 1.12 bits per heavy atom. The van der Waals surface area contributed by atoms with Crippen molar-refractivity contribution in [1.82, 2.24) is 5.32 Å². The number of fused-ring (bicyclic) bond motifs is 1. The molecule has 1 aliphatic carbocycles. The molecule has 0 radical (unpaired) electrons. The van der Waals surface area contributed by atoms with Gasteiger partial charge in [0.2, 0.25) is 5.91 Å². The lowest BCUT2D eigenvalue weighted by Gasteiger charge is -2.07. The van der Waals surface area contributed by atoms with Crippen molar-refractivity contribution in [3.05, 3.63) is 76.1 Å². The normalized spacial score (nSPS) is 14.9. The van der Waals surface area contributed by atoms with E-state index in [1.54, 1.807) is 13.1 Å². The van der Waals surface area contributed by atoms with Crippen LogP contribution in [0.25, 0.3) is 17.2 Å². The zero-order chi connectivity index (χ0) is 18.8. The summed E-state index contributed by atoms with van der Waals surface area (Å²) in [4.78, 5) is 11.9. The highest BCUT2D eigenvalue weighted by Gasteiger charge is 2.25. The second kappa shape index (κ2) is 7.28. The molecular weight excluding hydrogens is 325 g/mol. The van der Waals surface area contributed by atoms with Crippen LogP contribution in [0, 0.1) is 5.82 Å². The molecule has 0 saturated heterocycles. The van der Waals surface area contributed by atoms with Crippen molar-refractivity contribution < 1.29 is 9.18 Å². The van der Waals surface area contributed by atoms with Gasteiger partial charge in [-0.25, -0.2) is 4.39 Å². The van der Waals surface area contributed by atoms with Crippen molar-refractivity contribution in [3.8, 4) is 0 Å². The third kappa shape index (κ3) is 3.48. The van der Waals surface area contributed by atoms with Crippen LogP contribution in [0.2, 0.25) is 0 Å². The average Bonchev–Trinajstić information content (AvgIpc) is 2.87. The van der Waals surface area contributed by atoms with Gasteiger partial charge in [-0.1, -0.05) is 44.2 Å². The van der Waals surface area contributed by atoms with Crippen LogP contribution >= 0.6 is 0 Å². The molecule has 26 heavy (non-hydrogen) atoms. The Morgan fingerprint density at radius 2 is 1.81 bits per heavy atom. The van der Waals surface area contributed by atoms with Crippen LogP contribution in [0.4, 0.5) is 4.39 Å². The molecule has 1 aliphatic rings. The molecule has 0 unspecified atom stereocenters. The minimum atomic E-state index is -0.284. The summed E-state index contributed by atoms with van der Waals surface area (Å²) in [5.41, 5.74) is 7.17. The molecule has 3 rings (SSSR count). The summed E-state index contributed by atoms with van der Waals surface area (Å²) in [6, 6.07) is 13.3. The zero-order valence-electron chi connectivity index (χ0n) is 15.7. The van der Waals surface area contributed by atoms with Gasteiger partial charge in [-0.15, -0.1) is 0 Å². The van der Waals surface area contributed by atoms with Crippen LogP contribution in [0.5, 0.6) is 0 Å². The summed E-state index contributed by atoms with van der Waals surface area (Å²) in [7, 11) is 1.62. The van der Waals surface area contributed by atoms with Crippen molar-refractivity contribution >= 4 is 23.1 Å². The Labute approximate surface area is 154 Å². The van der Waals surface area contributed by atoms with E-state index in [-0.39, 0.29) is 18.1 Å². The predicted octanol–water partition coefficient (Wildman–Crippen LogP) is 5.41. The lowest BCUT2D eigenvalue weighted by molar-refractivity contribution is -0.119. The van der Waals surface area contributed by atoms with Gasteiger partial charge in [0.1, 0.15) is 5.82 Å². The number of halogens is 1. The highest BCUT2D eigenvalue weighted by molar-refractivity contribution is 6.08. The zero-order valence-corrected chi connectivity index (χ0v) is 15.7. The van der Waals surface area contributed by atoms with Crippen LogP contribution < -0.4 is 5.32 Å². The number of carbonyl (C=O) groups is 1. The van der Waals surface area contributed by atoms with Crippen molar-refractivity contribution in [1.29, 1.82) is 0 Å². The number of allylic oxidation sites excluding steroid dienone is 2. The Bertz CT molecular complexity index is 904. The number of benzene rings is 2. The van der Waals surface area contributed by atoms with E-state index in [1.807, 2.05) is 6.92 Å². The van der Waals surface area contributed by atoms with E-state index in [0.717, 1.165) is 33.4 Å². The molecule has 0 aliphatic heterocycles. The minimum Gasteiger partial charge on any atom is -0.359 e. The van der Waals surface area contributed by atoms with Crippen LogP contribution in [0.3, 0.4) is 0 Å². The standard InChI is InChI=1S/C23H24FNO/c1-14(2)17-7-5-16(6-8-17)11-20-15(3)21(13-23(26)25-4)22-12-18(24)9-10-19(20)22/h5-12,14H,13H2,1-4H3,(H,25,26)/b20-11-. The highest BCUT2D eigenvalue weighted by atomic mass is 19.1. The number of amides is 1. The Kier molecular flexibility index (Phi) is 5.08. The fourth-order valence-corrected chi connectivity index (χ4v) is 3.37. The van der Waals surface area contributed by atoms with Crippen LogP contribution in [-0.2, 0) is 4.79 Å². The van der Waals surface area contributed by atoms with Crippen LogP contribution in [0.1, 0.15) is 55.4 Å². The summed E-state index contributed by atoms with van der Waals surface area (Å²) in [5.74, 6) is 0.137. The molecule has 2 aromatic carbocycles. The third-order valence-corrected chi connectivity index (χ3v) is 4.98. The largest absolute Gasteiger partial charge is 0.359 e. The van der Waals surface area contributed by atoms with Crippen LogP contribution in [0.15, 0.2) is 48.0 Å². The van der Waals surface area contributed by atoms with E-state index in [0.29, 0.717) is 5.92 Å². The molecule has 1 amide bonds. The summed E-state index contributed by atoms with van der Waals surface area (Å²) in [6.45, 7) is 6.35. The quantitative estimate of drug-likeness (QED) is 0.785.